The van der Waals surface area contributed by atoms with Crippen LogP contribution >= 0.6 is 11.3 Å². The fourth-order valence-electron chi connectivity index (χ4n) is 3.57. The van der Waals surface area contributed by atoms with Crippen molar-refractivity contribution in [2.75, 3.05) is 10.2 Å². The maximum absolute atomic E-state index is 13.6. The van der Waals surface area contributed by atoms with Gasteiger partial charge in [0.25, 0.3) is 0 Å². The van der Waals surface area contributed by atoms with Gasteiger partial charge in [-0.1, -0.05) is 59.9 Å². The number of para-hydroxylation sites is 3. The molecule has 5 heteroatoms. The van der Waals surface area contributed by atoms with Gasteiger partial charge in [-0.05, 0) is 62.1 Å². The van der Waals surface area contributed by atoms with Gasteiger partial charge < -0.3 is 5.32 Å². The minimum atomic E-state index is -0.209. The van der Waals surface area contributed by atoms with Crippen molar-refractivity contribution in [3.8, 4) is 0 Å². The third-order valence-corrected chi connectivity index (χ3v) is 6.07. The summed E-state index contributed by atoms with van der Waals surface area (Å²) >= 11 is 1.52. The lowest BCUT2D eigenvalue weighted by molar-refractivity contribution is 0.259. The van der Waals surface area contributed by atoms with E-state index in [9.17, 15) is 4.79 Å². The first-order chi connectivity index (χ1) is 14.0. The lowest BCUT2D eigenvalue weighted by Crippen LogP contribution is -2.32. The van der Waals surface area contributed by atoms with Gasteiger partial charge in [-0.2, -0.15) is 0 Å². The van der Waals surface area contributed by atoms with Gasteiger partial charge in [-0.25, -0.2) is 14.7 Å². The van der Waals surface area contributed by atoms with Gasteiger partial charge in [0.05, 0.1) is 15.9 Å². The average Bonchev–Trinajstić information content (AvgIpc) is 3.11. The summed E-state index contributed by atoms with van der Waals surface area (Å²) in [5.41, 5.74) is 6.73. The molecule has 146 valence electrons. The van der Waals surface area contributed by atoms with Crippen LogP contribution in [0.25, 0.3) is 10.2 Å². The maximum Gasteiger partial charge on any atom is 0.332 e. The summed E-state index contributed by atoms with van der Waals surface area (Å²) in [5, 5.41) is 3.79. The summed E-state index contributed by atoms with van der Waals surface area (Å²) < 4.78 is 1.05. The van der Waals surface area contributed by atoms with Crippen LogP contribution in [-0.2, 0) is 0 Å². The highest BCUT2D eigenvalue weighted by molar-refractivity contribution is 7.22. The smallest absolute Gasteiger partial charge is 0.307 e. The average molecular weight is 402 g/mol. The summed E-state index contributed by atoms with van der Waals surface area (Å²) in [4.78, 5) is 20.1. The number of hydrogen-bond acceptors (Lipinski definition) is 3. The van der Waals surface area contributed by atoms with E-state index < -0.39 is 0 Å². The van der Waals surface area contributed by atoms with Crippen LogP contribution < -0.4 is 10.2 Å². The van der Waals surface area contributed by atoms with E-state index in [-0.39, 0.29) is 6.03 Å². The Morgan fingerprint density at radius 3 is 2.03 bits per heavy atom. The summed E-state index contributed by atoms with van der Waals surface area (Å²) in [6.45, 7) is 8.05. The van der Waals surface area contributed by atoms with Crippen molar-refractivity contribution in [3.05, 3.63) is 82.9 Å². The number of nitrogens with zero attached hydrogens (tertiary/aromatic N) is 2. The lowest BCUT2D eigenvalue weighted by Gasteiger charge is -2.25. The molecule has 0 saturated carbocycles. The van der Waals surface area contributed by atoms with E-state index in [0.717, 1.165) is 43.8 Å². The van der Waals surface area contributed by atoms with Crippen LogP contribution in [0.5, 0.6) is 0 Å². The van der Waals surface area contributed by atoms with Crippen molar-refractivity contribution in [2.24, 2.45) is 0 Å². The second-order valence-corrected chi connectivity index (χ2v) is 8.25. The Hall–Kier alpha value is -3.18. The summed E-state index contributed by atoms with van der Waals surface area (Å²) in [7, 11) is 0. The van der Waals surface area contributed by atoms with Crippen LogP contribution in [-0.4, -0.2) is 11.0 Å². The number of anilines is 3. The Bertz CT molecular complexity index is 1140. The number of hydrogen-bond donors (Lipinski definition) is 1. The molecule has 0 bridgehead atoms. The van der Waals surface area contributed by atoms with Crippen molar-refractivity contribution < 1.29 is 4.79 Å². The third kappa shape index (κ3) is 3.61. The fraction of sp³-hybridized carbons (Fsp3) is 0.167. The highest BCUT2D eigenvalue weighted by Crippen LogP contribution is 2.37. The number of fused-ring (bicyclic) bond motifs is 1. The molecule has 3 aromatic carbocycles. The molecule has 1 aromatic heterocycles. The SMILES string of the molecule is Cc1cccc(C)c1NC(=O)N(c1nc2ccccc2s1)c1c(C)cccc1C. The van der Waals surface area contributed by atoms with Gasteiger partial charge in [-0.3, -0.25) is 0 Å². The molecule has 1 heterocycles. The van der Waals surface area contributed by atoms with Gasteiger partial charge >= 0.3 is 6.03 Å². The molecular formula is C24H23N3OS. The maximum atomic E-state index is 13.6. The first-order valence-electron chi connectivity index (χ1n) is 9.55. The van der Waals surface area contributed by atoms with Crippen LogP contribution in [0.3, 0.4) is 0 Å². The number of rotatable bonds is 3. The molecule has 0 radical (unpaired) electrons. The Morgan fingerprint density at radius 1 is 0.828 bits per heavy atom. The number of aryl methyl sites for hydroxylation is 4. The Labute approximate surface area is 174 Å². The highest BCUT2D eigenvalue weighted by atomic mass is 32.1. The molecule has 0 spiro atoms. The summed E-state index contributed by atoms with van der Waals surface area (Å²) in [6, 6.07) is 19.8. The Balaban J connectivity index is 1.85. The van der Waals surface area contributed by atoms with Crippen LogP contribution in [0, 0.1) is 27.7 Å². The van der Waals surface area contributed by atoms with Gasteiger partial charge in [0.15, 0.2) is 5.13 Å². The number of urea groups is 1. The van der Waals surface area contributed by atoms with Crippen molar-refractivity contribution in [2.45, 2.75) is 27.7 Å². The molecule has 4 aromatic rings. The topological polar surface area (TPSA) is 45.2 Å². The van der Waals surface area contributed by atoms with Crippen LogP contribution in [0.1, 0.15) is 22.3 Å². The Kier molecular flexibility index (Phi) is 5.07. The number of thiazole rings is 1. The molecule has 29 heavy (non-hydrogen) atoms. The van der Waals surface area contributed by atoms with Crippen molar-refractivity contribution >= 4 is 44.1 Å². The normalized spacial score (nSPS) is 10.9. The number of aromatic nitrogens is 1. The first kappa shape index (κ1) is 19.2. The van der Waals surface area contributed by atoms with Gasteiger partial charge in [0, 0.05) is 5.69 Å². The number of carbonyl (C=O) groups is 1. The zero-order valence-electron chi connectivity index (χ0n) is 17.0. The van der Waals surface area contributed by atoms with Crippen LogP contribution in [0.4, 0.5) is 21.3 Å². The van der Waals surface area contributed by atoms with Crippen molar-refractivity contribution in [3.63, 3.8) is 0 Å². The second kappa shape index (κ2) is 7.68. The third-order valence-electron chi connectivity index (χ3n) is 5.05. The molecule has 0 fully saturated rings. The van der Waals surface area contributed by atoms with Crippen molar-refractivity contribution in [1.29, 1.82) is 0 Å². The largest absolute Gasteiger partial charge is 0.332 e. The van der Waals surface area contributed by atoms with Crippen molar-refractivity contribution in [1.82, 2.24) is 4.98 Å². The zero-order valence-corrected chi connectivity index (χ0v) is 17.8. The quantitative estimate of drug-likeness (QED) is 0.406. The molecule has 0 saturated heterocycles. The number of carbonyl (C=O) groups excluding carboxylic acids is 1. The first-order valence-corrected chi connectivity index (χ1v) is 10.4. The molecule has 2 amide bonds. The molecule has 0 unspecified atom stereocenters. The van der Waals surface area contributed by atoms with Crippen LogP contribution in [0.15, 0.2) is 60.7 Å². The van der Waals surface area contributed by atoms with Gasteiger partial charge in [0.2, 0.25) is 0 Å². The zero-order chi connectivity index (χ0) is 20.5. The number of amides is 2. The monoisotopic (exact) mass is 401 g/mol. The molecule has 4 nitrogen and oxygen atoms in total. The summed E-state index contributed by atoms with van der Waals surface area (Å²) in [6.07, 6.45) is 0. The Morgan fingerprint density at radius 2 is 1.41 bits per heavy atom. The number of nitrogens with one attached hydrogen (secondary N) is 1. The molecule has 0 aliphatic heterocycles. The summed E-state index contributed by atoms with van der Waals surface area (Å²) in [5.74, 6) is 0. The minimum absolute atomic E-state index is 0.209. The van der Waals surface area contributed by atoms with Gasteiger partial charge in [0.1, 0.15) is 0 Å². The van der Waals surface area contributed by atoms with E-state index in [1.54, 1.807) is 4.90 Å². The molecular weight excluding hydrogens is 378 g/mol. The van der Waals surface area contributed by atoms with E-state index in [4.69, 9.17) is 4.98 Å². The number of benzene rings is 3. The highest BCUT2D eigenvalue weighted by Gasteiger charge is 2.25. The molecule has 0 atom stereocenters. The minimum Gasteiger partial charge on any atom is -0.307 e. The van der Waals surface area contributed by atoms with E-state index in [1.165, 1.54) is 11.3 Å². The standard InChI is InChI=1S/C24H23N3OS/c1-15-9-7-10-16(2)21(15)26-23(28)27(22-17(3)11-8-12-18(22)4)24-25-19-13-5-6-14-20(19)29-24/h5-14H,1-4H3,(H,26,28). The van der Waals surface area contributed by atoms with E-state index in [2.05, 4.69) is 5.32 Å². The van der Waals surface area contributed by atoms with E-state index in [0.29, 0.717) is 5.13 Å². The molecule has 1 N–H and O–H groups in total. The molecule has 0 aliphatic carbocycles. The fourth-order valence-corrected chi connectivity index (χ4v) is 4.54. The van der Waals surface area contributed by atoms with Crippen LogP contribution in [0.2, 0.25) is 0 Å². The van der Waals surface area contributed by atoms with Gasteiger partial charge in [-0.15, -0.1) is 0 Å². The predicted molar refractivity (Wildman–Crippen MR) is 123 cm³/mol. The van der Waals surface area contributed by atoms with E-state index in [1.807, 2.05) is 88.4 Å². The molecule has 0 aliphatic rings. The van der Waals surface area contributed by atoms with E-state index >= 15 is 0 Å². The second-order valence-electron chi connectivity index (χ2n) is 7.24. The predicted octanol–water partition coefficient (Wildman–Crippen LogP) is 6.90. The molecule has 4 rings (SSSR count). The lowest BCUT2D eigenvalue weighted by atomic mass is 10.1.